The molecular weight excluding hydrogens is 259 g/mol. The summed E-state index contributed by atoms with van der Waals surface area (Å²) in [5.41, 5.74) is 5.84. The summed E-state index contributed by atoms with van der Waals surface area (Å²) in [6.07, 6.45) is 5.70. The van der Waals surface area contributed by atoms with Gasteiger partial charge in [0.15, 0.2) is 0 Å². The van der Waals surface area contributed by atoms with Crippen LogP contribution < -0.4 is 11.1 Å². The largest absolute Gasteiger partial charge is 0.507 e. The molecule has 1 aromatic carbocycles. The van der Waals surface area contributed by atoms with Crippen LogP contribution in [0.2, 0.25) is 0 Å². The third kappa shape index (κ3) is 3.48. The summed E-state index contributed by atoms with van der Waals surface area (Å²) in [5.74, 6) is -0.924. The summed E-state index contributed by atoms with van der Waals surface area (Å²) < 4.78 is 12.9. The molecule has 110 valence electrons. The van der Waals surface area contributed by atoms with Crippen LogP contribution in [0.1, 0.15) is 42.5 Å². The molecule has 1 amide bonds. The summed E-state index contributed by atoms with van der Waals surface area (Å²) in [4.78, 5) is 12.1. The molecule has 0 spiro atoms. The monoisotopic (exact) mass is 280 g/mol. The van der Waals surface area contributed by atoms with E-state index in [0.29, 0.717) is 12.5 Å². The van der Waals surface area contributed by atoms with E-state index >= 15 is 0 Å². The molecule has 2 rings (SSSR count). The number of hydrogen-bond acceptors (Lipinski definition) is 3. The first kappa shape index (κ1) is 14.8. The van der Waals surface area contributed by atoms with Gasteiger partial charge in [-0.15, -0.1) is 0 Å². The third-order valence-corrected chi connectivity index (χ3v) is 3.99. The number of phenols is 1. The lowest BCUT2D eigenvalue weighted by atomic mass is 9.84. The van der Waals surface area contributed by atoms with E-state index in [0.717, 1.165) is 25.0 Å². The SMILES string of the molecule is NCC(NC(=O)c1ccc(F)cc1O)C1CCCCC1. The van der Waals surface area contributed by atoms with Crippen LogP contribution in [0, 0.1) is 11.7 Å². The first-order chi connectivity index (χ1) is 9.61. The Morgan fingerprint density at radius 1 is 1.40 bits per heavy atom. The van der Waals surface area contributed by atoms with Gasteiger partial charge in [0.1, 0.15) is 11.6 Å². The Bertz CT molecular complexity index is 473. The Hall–Kier alpha value is -1.62. The highest BCUT2D eigenvalue weighted by Gasteiger charge is 2.25. The molecule has 1 unspecified atom stereocenters. The van der Waals surface area contributed by atoms with Gasteiger partial charge in [-0.3, -0.25) is 4.79 Å². The van der Waals surface area contributed by atoms with Gasteiger partial charge in [0.25, 0.3) is 5.91 Å². The second-order valence-electron chi connectivity index (χ2n) is 5.38. The van der Waals surface area contributed by atoms with Gasteiger partial charge in [0.2, 0.25) is 0 Å². The smallest absolute Gasteiger partial charge is 0.255 e. The Kier molecular flexibility index (Phi) is 4.95. The highest BCUT2D eigenvalue weighted by Crippen LogP contribution is 2.26. The molecule has 1 atom stereocenters. The third-order valence-electron chi connectivity index (χ3n) is 3.99. The minimum atomic E-state index is -0.568. The normalized spacial score (nSPS) is 17.7. The predicted molar refractivity (Wildman–Crippen MR) is 74.9 cm³/mol. The second-order valence-corrected chi connectivity index (χ2v) is 5.38. The Balaban J connectivity index is 2.04. The first-order valence-electron chi connectivity index (χ1n) is 7.11. The molecule has 4 nitrogen and oxygen atoms in total. The van der Waals surface area contributed by atoms with Gasteiger partial charge in [0, 0.05) is 18.7 Å². The lowest BCUT2D eigenvalue weighted by molar-refractivity contribution is 0.0913. The van der Waals surface area contributed by atoms with E-state index in [1.807, 2.05) is 0 Å². The molecule has 0 aliphatic heterocycles. The number of nitrogens with two attached hydrogens (primary N) is 1. The van der Waals surface area contributed by atoms with Crippen molar-refractivity contribution >= 4 is 5.91 Å². The van der Waals surface area contributed by atoms with Crippen LogP contribution in [-0.2, 0) is 0 Å². The van der Waals surface area contributed by atoms with Gasteiger partial charge in [-0.2, -0.15) is 0 Å². The van der Waals surface area contributed by atoms with Crippen molar-refractivity contribution in [3.05, 3.63) is 29.6 Å². The molecule has 1 aliphatic rings. The van der Waals surface area contributed by atoms with E-state index in [-0.39, 0.29) is 17.4 Å². The number of rotatable bonds is 4. The molecule has 0 saturated heterocycles. The zero-order valence-corrected chi connectivity index (χ0v) is 11.4. The van der Waals surface area contributed by atoms with Crippen molar-refractivity contribution in [1.29, 1.82) is 0 Å². The minimum absolute atomic E-state index is 0.0839. The zero-order chi connectivity index (χ0) is 14.5. The lowest BCUT2D eigenvalue weighted by Gasteiger charge is -2.30. The second kappa shape index (κ2) is 6.70. The van der Waals surface area contributed by atoms with Gasteiger partial charge in [-0.25, -0.2) is 4.39 Å². The Morgan fingerprint density at radius 3 is 2.70 bits per heavy atom. The molecule has 0 heterocycles. The van der Waals surface area contributed by atoms with Crippen LogP contribution in [0.4, 0.5) is 4.39 Å². The predicted octanol–water partition coefficient (Wildman–Crippen LogP) is 2.17. The quantitative estimate of drug-likeness (QED) is 0.791. The minimum Gasteiger partial charge on any atom is -0.507 e. The van der Waals surface area contributed by atoms with Crippen molar-refractivity contribution in [1.82, 2.24) is 5.32 Å². The average Bonchev–Trinajstić information content (AvgIpc) is 2.45. The average molecular weight is 280 g/mol. The zero-order valence-electron chi connectivity index (χ0n) is 11.4. The Labute approximate surface area is 118 Å². The van der Waals surface area contributed by atoms with E-state index in [9.17, 15) is 14.3 Å². The molecule has 1 fully saturated rings. The van der Waals surface area contributed by atoms with Gasteiger partial charge in [0.05, 0.1) is 5.56 Å². The van der Waals surface area contributed by atoms with Crippen molar-refractivity contribution in [2.75, 3.05) is 6.54 Å². The number of halogens is 1. The number of nitrogens with one attached hydrogen (secondary N) is 1. The van der Waals surface area contributed by atoms with Crippen LogP contribution in [0.3, 0.4) is 0 Å². The van der Waals surface area contributed by atoms with Crippen LogP contribution in [-0.4, -0.2) is 23.6 Å². The van der Waals surface area contributed by atoms with E-state index in [2.05, 4.69) is 5.32 Å². The summed E-state index contributed by atoms with van der Waals surface area (Å²) in [6.45, 7) is 0.373. The molecular formula is C15H21FN2O2. The molecule has 5 heteroatoms. The molecule has 0 aromatic heterocycles. The molecule has 1 aromatic rings. The fraction of sp³-hybridized carbons (Fsp3) is 0.533. The van der Waals surface area contributed by atoms with E-state index < -0.39 is 11.7 Å². The number of carbonyl (C=O) groups is 1. The van der Waals surface area contributed by atoms with E-state index in [1.54, 1.807) is 0 Å². The number of hydrogen-bond donors (Lipinski definition) is 3. The van der Waals surface area contributed by atoms with Crippen LogP contribution in [0.25, 0.3) is 0 Å². The van der Waals surface area contributed by atoms with Crippen LogP contribution >= 0.6 is 0 Å². The molecule has 0 radical (unpaired) electrons. The number of phenolic OH excluding ortho intramolecular Hbond substituents is 1. The molecule has 4 N–H and O–H groups in total. The van der Waals surface area contributed by atoms with Gasteiger partial charge in [-0.1, -0.05) is 19.3 Å². The lowest BCUT2D eigenvalue weighted by Crippen LogP contribution is -2.45. The van der Waals surface area contributed by atoms with Crippen molar-refractivity contribution in [2.24, 2.45) is 11.7 Å². The number of benzene rings is 1. The number of aromatic hydroxyl groups is 1. The van der Waals surface area contributed by atoms with E-state index in [1.165, 1.54) is 25.3 Å². The highest BCUT2D eigenvalue weighted by atomic mass is 19.1. The van der Waals surface area contributed by atoms with Gasteiger partial charge in [-0.05, 0) is 30.9 Å². The molecule has 0 bridgehead atoms. The van der Waals surface area contributed by atoms with Crippen LogP contribution in [0.5, 0.6) is 5.75 Å². The topological polar surface area (TPSA) is 75.3 Å². The standard InChI is InChI=1S/C15H21FN2O2/c16-11-6-7-12(14(19)8-11)15(20)18-13(9-17)10-4-2-1-3-5-10/h6-8,10,13,19H,1-5,9,17H2,(H,18,20). The Morgan fingerprint density at radius 2 is 2.10 bits per heavy atom. The fourth-order valence-electron chi connectivity index (χ4n) is 2.85. The maximum Gasteiger partial charge on any atom is 0.255 e. The summed E-state index contributed by atoms with van der Waals surface area (Å²) >= 11 is 0. The highest BCUT2D eigenvalue weighted by molar-refractivity contribution is 5.97. The van der Waals surface area contributed by atoms with Crippen molar-refractivity contribution in [3.8, 4) is 5.75 Å². The molecule has 1 aliphatic carbocycles. The maximum absolute atomic E-state index is 12.9. The molecule has 1 saturated carbocycles. The number of carbonyl (C=O) groups excluding carboxylic acids is 1. The van der Waals surface area contributed by atoms with Gasteiger partial charge < -0.3 is 16.2 Å². The molecule has 20 heavy (non-hydrogen) atoms. The summed E-state index contributed by atoms with van der Waals surface area (Å²) in [6, 6.07) is 3.29. The van der Waals surface area contributed by atoms with Crippen molar-refractivity contribution < 1.29 is 14.3 Å². The number of amides is 1. The summed E-state index contributed by atoms with van der Waals surface area (Å²) in [5, 5.41) is 12.5. The maximum atomic E-state index is 12.9. The van der Waals surface area contributed by atoms with Crippen molar-refractivity contribution in [3.63, 3.8) is 0 Å². The van der Waals surface area contributed by atoms with Gasteiger partial charge >= 0.3 is 0 Å². The van der Waals surface area contributed by atoms with Crippen molar-refractivity contribution in [2.45, 2.75) is 38.1 Å². The fourth-order valence-corrected chi connectivity index (χ4v) is 2.85. The van der Waals surface area contributed by atoms with E-state index in [4.69, 9.17) is 5.73 Å². The first-order valence-corrected chi connectivity index (χ1v) is 7.11. The summed E-state index contributed by atoms with van der Waals surface area (Å²) in [7, 11) is 0. The van der Waals surface area contributed by atoms with Crippen LogP contribution in [0.15, 0.2) is 18.2 Å².